The van der Waals surface area contributed by atoms with E-state index in [4.69, 9.17) is 4.74 Å². The van der Waals surface area contributed by atoms with Crippen LogP contribution in [0.1, 0.15) is 19.5 Å². The molecule has 1 atom stereocenters. The Labute approximate surface area is 85.3 Å². The van der Waals surface area contributed by atoms with Gasteiger partial charge in [-0.25, -0.2) is 0 Å². The van der Waals surface area contributed by atoms with E-state index in [1.165, 1.54) is 0 Å². The molecular weight excluding hydrogens is 178 g/mol. The fourth-order valence-corrected chi connectivity index (χ4v) is 1.34. The van der Waals surface area contributed by atoms with Gasteiger partial charge in [-0.3, -0.25) is 4.68 Å². The zero-order valence-corrected chi connectivity index (χ0v) is 9.37. The van der Waals surface area contributed by atoms with Crippen LogP contribution in [0.2, 0.25) is 0 Å². The number of ether oxygens (including phenoxy) is 1. The molecule has 4 nitrogen and oxygen atoms in total. The first-order valence-corrected chi connectivity index (χ1v) is 4.98. The van der Waals surface area contributed by atoms with Crippen LogP contribution in [0.3, 0.4) is 0 Å². The quantitative estimate of drug-likeness (QED) is 0.778. The zero-order chi connectivity index (χ0) is 10.6. The van der Waals surface area contributed by atoms with Crippen molar-refractivity contribution < 1.29 is 4.74 Å². The third-order valence-electron chi connectivity index (χ3n) is 1.99. The molecule has 0 aliphatic heterocycles. The van der Waals surface area contributed by atoms with Crippen LogP contribution in [0.15, 0.2) is 6.20 Å². The van der Waals surface area contributed by atoms with Crippen molar-refractivity contribution in [3.8, 4) is 0 Å². The molecule has 0 amide bonds. The van der Waals surface area contributed by atoms with Gasteiger partial charge in [0.1, 0.15) is 0 Å². The molecule has 1 aromatic rings. The Morgan fingerprint density at radius 2 is 2.36 bits per heavy atom. The highest BCUT2D eigenvalue weighted by Crippen LogP contribution is 2.12. The second-order valence-electron chi connectivity index (χ2n) is 3.51. The van der Waals surface area contributed by atoms with E-state index in [9.17, 15) is 0 Å². The van der Waals surface area contributed by atoms with Crippen LogP contribution in [0, 0.1) is 6.92 Å². The van der Waals surface area contributed by atoms with Crippen molar-refractivity contribution in [1.82, 2.24) is 9.78 Å². The highest BCUT2D eigenvalue weighted by Gasteiger charge is 2.06. The van der Waals surface area contributed by atoms with Crippen LogP contribution in [0.5, 0.6) is 0 Å². The molecule has 4 heteroatoms. The highest BCUT2D eigenvalue weighted by molar-refractivity contribution is 5.46. The summed E-state index contributed by atoms with van der Waals surface area (Å²) in [5.74, 6) is 0. The molecule has 80 valence electrons. The lowest BCUT2D eigenvalue weighted by Crippen LogP contribution is -2.21. The summed E-state index contributed by atoms with van der Waals surface area (Å²) in [5.41, 5.74) is 2.11. The predicted molar refractivity (Wildman–Crippen MR) is 57.5 cm³/mol. The summed E-state index contributed by atoms with van der Waals surface area (Å²) in [5, 5.41) is 7.62. The van der Waals surface area contributed by atoms with Crippen LogP contribution in [-0.2, 0) is 11.8 Å². The Morgan fingerprint density at radius 1 is 1.64 bits per heavy atom. The van der Waals surface area contributed by atoms with E-state index in [-0.39, 0.29) is 0 Å². The fourth-order valence-electron chi connectivity index (χ4n) is 1.34. The fraction of sp³-hybridized carbons (Fsp3) is 0.700. The van der Waals surface area contributed by atoms with E-state index in [0.717, 1.165) is 24.6 Å². The van der Waals surface area contributed by atoms with E-state index in [1.54, 1.807) is 0 Å². The van der Waals surface area contributed by atoms with Crippen molar-refractivity contribution in [3.05, 3.63) is 11.9 Å². The molecule has 0 spiro atoms. The van der Waals surface area contributed by atoms with Gasteiger partial charge < -0.3 is 10.1 Å². The normalized spacial score (nSPS) is 12.9. The topological polar surface area (TPSA) is 39.1 Å². The Hall–Kier alpha value is -1.03. The van der Waals surface area contributed by atoms with Gasteiger partial charge in [0.05, 0.1) is 18.0 Å². The largest absolute Gasteiger partial charge is 0.380 e. The number of hydrogen-bond acceptors (Lipinski definition) is 3. The van der Waals surface area contributed by atoms with Crippen molar-refractivity contribution in [1.29, 1.82) is 0 Å². The first-order valence-electron chi connectivity index (χ1n) is 4.98. The summed E-state index contributed by atoms with van der Waals surface area (Å²) in [4.78, 5) is 0. The monoisotopic (exact) mass is 197 g/mol. The molecule has 0 fully saturated rings. The standard InChI is InChI=1S/C10H19N3O/c1-5-14-7-8(2)11-10-6-13(4)12-9(10)3/h6,8,11H,5,7H2,1-4H3. The number of aryl methyl sites for hydroxylation is 2. The SMILES string of the molecule is CCOCC(C)Nc1cn(C)nc1C. The van der Waals surface area contributed by atoms with Gasteiger partial charge in [-0.1, -0.05) is 0 Å². The minimum Gasteiger partial charge on any atom is -0.380 e. The van der Waals surface area contributed by atoms with Crippen LogP contribution >= 0.6 is 0 Å². The minimum absolute atomic E-state index is 0.317. The van der Waals surface area contributed by atoms with Gasteiger partial charge in [0.2, 0.25) is 0 Å². The molecule has 0 aromatic carbocycles. The molecule has 0 aliphatic carbocycles. The molecule has 1 rings (SSSR count). The summed E-state index contributed by atoms with van der Waals surface area (Å²) < 4.78 is 7.14. The average Bonchev–Trinajstić information content (AvgIpc) is 2.42. The van der Waals surface area contributed by atoms with Crippen molar-refractivity contribution in [2.75, 3.05) is 18.5 Å². The molecule has 0 bridgehead atoms. The van der Waals surface area contributed by atoms with Crippen LogP contribution < -0.4 is 5.32 Å². The third-order valence-corrected chi connectivity index (χ3v) is 1.99. The number of nitrogens with one attached hydrogen (secondary N) is 1. The van der Waals surface area contributed by atoms with Gasteiger partial charge in [-0.15, -0.1) is 0 Å². The van der Waals surface area contributed by atoms with Crippen molar-refractivity contribution in [2.45, 2.75) is 26.8 Å². The Balaban J connectivity index is 2.47. The highest BCUT2D eigenvalue weighted by atomic mass is 16.5. The average molecular weight is 197 g/mol. The maximum atomic E-state index is 5.32. The molecule has 0 aliphatic rings. The summed E-state index contributed by atoms with van der Waals surface area (Å²) >= 11 is 0. The molecule has 14 heavy (non-hydrogen) atoms. The number of nitrogens with zero attached hydrogens (tertiary/aromatic N) is 2. The van der Waals surface area contributed by atoms with Gasteiger partial charge >= 0.3 is 0 Å². The second-order valence-corrected chi connectivity index (χ2v) is 3.51. The van der Waals surface area contributed by atoms with E-state index in [2.05, 4.69) is 17.3 Å². The zero-order valence-electron chi connectivity index (χ0n) is 9.37. The van der Waals surface area contributed by atoms with Crippen LogP contribution in [-0.4, -0.2) is 29.0 Å². The Kier molecular flexibility index (Phi) is 3.95. The van der Waals surface area contributed by atoms with Gasteiger partial charge in [0, 0.05) is 25.9 Å². The van der Waals surface area contributed by atoms with Crippen molar-refractivity contribution in [3.63, 3.8) is 0 Å². The third kappa shape index (κ3) is 3.03. The number of hydrogen-bond donors (Lipinski definition) is 1. The number of rotatable bonds is 5. The van der Waals surface area contributed by atoms with Gasteiger partial charge in [0.25, 0.3) is 0 Å². The molecule has 0 saturated carbocycles. The van der Waals surface area contributed by atoms with E-state index < -0.39 is 0 Å². The summed E-state index contributed by atoms with van der Waals surface area (Å²) in [6, 6.07) is 0.317. The lowest BCUT2D eigenvalue weighted by Gasteiger charge is -2.13. The van der Waals surface area contributed by atoms with Crippen molar-refractivity contribution >= 4 is 5.69 Å². The number of anilines is 1. The molecular formula is C10H19N3O. The Bertz CT molecular complexity index is 283. The first-order chi connectivity index (χ1) is 6.63. The van der Waals surface area contributed by atoms with Gasteiger partial charge in [0.15, 0.2) is 0 Å². The maximum absolute atomic E-state index is 5.32. The maximum Gasteiger partial charge on any atom is 0.0825 e. The lowest BCUT2D eigenvalue weighted by atomic mass is 10.3. The Morgan fingerprint density at radius 3 is 2.86 bits per heavy atom. The van der Waals surface area contributed by atoms with Gasteiger partial charge in [-0.2, -0.15) is 5.10 Å². The lowest BCUT2D eigenvalue weighted by molar-refractivity contribution is 0.141. The smallest absolute Gasteiger partial charge is 0.0825 e. The van der Waals surface area contributed by atoms with Crippen LogP contribution in [0.4, 0.5) is 5.69 Å². The summed E-state index contributed by atoms with van der Waals surface area (Å²) in [7, 11) is 1.92. The molecule has 1 N–H and O–H groups in total. The first kappa shape index (κ1) is 11.0. The van der Waals surface area contributed by atoms with Crippen LogP contribution in [0.25, 0.3) is 0 Å². The second kappa shape index (κ2) is 5.00. The predicted octanol–water partition coefficient (Wildman–Crippen LogP) is 1.57. The molecule has 0 saturated heterocycles. The minimum atomic E-state index is 0.317. The van der Waals surface area contributed by atoms with Gasteiger partial charge in [-0.05, 0) is 20.8 Å². The van der Waals surface area contributed by atoms with E-state index >= 15 is 0 Å². The molecule has 1 unspecified atom stereocenters. The summed E-state index contributed by atoms with van der Waals surface area (Å²) in [6.45, 7) is 7.59. The summed E-state index contributed by atoms with van der Waals surface area (Å²) in [6.07, 6.45) is 1.98. The van der Waals surface area contributed by atoms with E-state index in [0.29, 0.717) is 6.04 Å². The number of aromatic nitrogens is 2. The molecule has 0 radical (unpaired) electrons. The molecule has 1 aromatic heterocycles. The van der Waals surface area contributed by atoms with E-state index in [1.807, 2.05) is 31.8 Å². The van der Waals surface area contributed by atoms with Crippen molar-refractivity contribution in [2.24, 2.45) is 7.05 Å². The molecule has 1 heterocycles.